The van der Waals surface area contributed by atoms with Crippen molar-refractivity contribution in [2.75, 3.05) is 4.90 Å². The second-order valence-electron chi connectivity index (χ2n) is 10.2. The molecule has 10 heteroatoms. The van der Waals surface area contributed by atoms with Crippen LogP contribution in [0.2, 0.25) is 5.02 Å². The molecule has 4 atom stereocenters. The van der Waals surface area contributed by atoms with Gasteiger partial charge in [-0.05, 0) is 48.9 Å². The number of aryl methyl sites for hydroxylation is 1. The predicted molar refractivity (Wildman–Crippen MR) is 150 cm³/mol. The molecule has 2 amide bonds. The van der Waals surface area contributed by atoms with Gasteiger partial charge in [0.15, 0.2) is 11.6 Å². The summed E-state index contributed by atoms with van der Waals surface area (Å²) < 4.78 is 0. The van der Waals surface area contributed by atoms with Crippen LogP contribution in [0.4, 0.5) is 11.4 Å². The second-order valence-corrected chi connectivity index (χ2v) is 10.6. The van der Waals surface area contributed by atoms with Gasteiger partial charge in [0, 0.05) is 40.1 Å². The smallest absolute Gasteiger partial charge is 0.269 e. The summed E-state index contributed by atoms with van der Waals surface area (Å²) in [5, 5.41) is 11.7. The normalized spacial score (nSPS) is 22.8. The molecule has 3 aromatic rings. The molecule has 3 heterocycles. The second kappa shape index (κ2) is 9.94. The number of non-ortho nitro benzene ring substituents is 1. The maximum absolute atomic E-state index is 14.0. The summed E-state index contributed by atoms with van der Waals surface area (Å²) >= 11 is 6.03. The van der Waals surface area contributed by atoms with Crippen LogP contribution < -0.4 is 4.90 Å². The lowest BCUT2D eigenvalue weighted by Crippen LogP contribution is -2.46. The third kappa shape index (κ3) is 4.25. The van der Waals surface area contributed by atoms with Crippen LogP contribution in [0.5, 0.6) is 0 Å². The highest BCUT2D eigenvalue weighted by atomic mass is 35.5. The van der Waals surface area contributed by atoms with Crippen LogP contribution in [0, 0.1) is 28.9 Å². The molecule has 3 aromatic carbocycles. The summed E-state index contributed by atoms with van der Waals surface area (Å²) in [7, 11) is 0. The molecule has 41 heavy (non-hydrogen) atoms. The van der Waals surface area contributed by atoms with Crippen LogP contribution in [0.3, 0.4) is 0 Å². The number of rotatable bonds is 6. The molecule has 0 aromatic heterocycles. The van der Waals surface area contributed by atoms with Crippen molar-refractivity contribution in [2.24, 2.45) is 11.8 Å². The molecule has 3 aliphatic rings. The number of nitrogens with zero attached hydrogens (tertiary/aromatic N) is 3. The fourth-order valence-electron chi connectivity index (χ4n) is 5.98. The largest absolute Gasteiger partial charge is 0.359 e. The molecule has 0 aliphatic carbocycles. The summed E-state index contributed by atoms with van der Waals surface area (Å²) in [6, 6.07) is 17.1. The zero-order chi connectivity index (χ0) is 29.0. The van der Waals surface area contributed by atoms with Crippen LogP contribution >= 0.6 is 11.6 Å². The van der Waals surface area contributed by atoms with E-state index in [9.17, 15) is 29.3 Å². The van der Waals surface area contributed by atoms with E-state index in [1.54, 1.807) is 84.8 Å². The monoisotopic (exact) mass is 567 g/mol. The number of ketones is 2. The van der Waals surface area contributed by atoms with Gasteiger partial charge in [0.25, 0.3) is 5.69 Å². The Hall–Kier alpha value is -4.89. The van der Waals surface area contributed by atoms with E-state index in [1.807, 2.05) is 0 Å². The number of benzene rings is 3. The molecule has 0 unspecified atom stereocenters. The Morgan fingerprint density at radius 1 is 0.902 bits per heavy atom. The van der Waals surface area contributed by atoms with E-state index in [4.69, 9.17) is 11.6 Å². The Morgan fingerprint density at radius 2 is 1.59 bits per heavy atom. The van der Waals surface area contributed by atoms with Gasteiger partial charge in [-0.3, -0.25) is 29.3 Å². The molecule has 2 fully saturated rings. The fourth-order valence-corrected chi connectivity index (χ4v) is 6.11. The summed E-state index contributed by atoms with van der Waals surface area (Å²) in [6.07, 6.45) is 4.86. The van der Waals surface area contributed by atoms with Crippen LogP contribution in [0.15, 0.2) is 96.7 Å². The van der Waals surface area contributed by atoms with E-state index >= 15 is 0 Å². The minimum atomic E-state index is -1.04. The zero-order valence-electron chi connectivity index (χ0n) is 21.6. The van der Waals surface area contributed by atoms with E-state index in [-0.39, 0.29) is 22.9 Å². The third-order valence-corrected chi connectivity index (χ3v) is 8.13. The van der Waals surface area contributed by atoms with Crippen molar-refractivity contribution in [2.45, 2.75) is 19.0 Å². The highest BCUT2D eigenvalue weighted by molar-refractivity contribution is 6.30. The van der Waals surface area contributed by atoms with Crippen LogP contribution in [0.25, 0.3) is 0 Å². The number of anilines is 1. The van der Waals surface area contributed by atoms with Gasteiger partial charge < -0.3 is 4.90 Å². The van der Waals surface area contributed by atoms with Crippen molar-refractivity contribution in [3.63, 3.8) is 0 Å². The number of carbonyl (C=O) groups excluding carboxylic acids is 4. The predicted octanol–water partition coefficient (Wildman–Crippen LogP) is 4.93. The molecule has 0 bridgehead atoms. The Kier molecular flexibility index (Phi) is 6.38. The van der Waals surface area contributed by atoms with E-state index < -0.39 is 40.7 Å². The summed E-state index contributed by atoms with van der Waals surface area (Å²) in [4.78, 5) is 68.6. The third-order valence-electron chi connectivity index (χ3n) is 7.88. The molecule has 6 rings (SSSR count). The number of nitro groups is 1. The van der Waals surface area contributed by atoms with Gasteiger partial charge in [0.05, 0.1) is 28.5 Å². The molecule has 9 nitrogen and oxygen atoms in total. The van der Waals surface area contributed by atoms with Gasteiger partial charge in [-0.15, -0.1) is 0 Å². The SMILES string of the molecule is Cc1cc([N+](=O)[O-])ccc1N1C(=O)[C@@H]2[C@H](C1=O)[C@H](C(=O)c1ccc(Cl)cc1)N1C=CC(C(=O)c3ccccc3)=C[C@H]21. The molecule has 0 N–H and O–H groups in total. The number of fused-ring (bicyclic) bond motifs is 3. The van der Waals surface area contributed by atoms with E-state index in [1.165, 1.54) is 18.2 Å². The molecule has 0 radical (unpaired) electrons. The van der Waals surface area contributed by atoms with Crippen molar-refractivity contribution >= 4 is 46.4 Å². The topological polar surface area (TPSA) is 118 Å². The van der Waals surface area contributed by atoms with Crippen LogP contribution in [0.1, 0.15) is 26.3 Å². The Labute approximate surface area is 239 Å². The van der Waals surface area contributed by atoms with Gasteiger partial charge in [-0.2, -0.15) is 0 Å². The average Bonchev–Trinajstić information content (AvgIpc) is 3.44. The molecule has 0 saturated carbocycles. The number of nitro benzene ring substituents is 1. The standard InChI is InChI=1S/C31H22ClN3O6/c1-17-15-22(35(40)41)11-12-23(17)34-30(38)25-24-16-20(28(36)18-5-3-2-4-6-18)13-14-33(24)27(26(25)31(34)39)29(37)19-7-9-21(32)10-8-19/h2-16,24-27H,1H3/t24-,25+,26+,27-/m1/s1. The fraction of sp³-hybridized carbons (Fsp3) is 0.161. The minimum absolute atomic E-state index is 0.170. The number of hydrogen-bond acceptors (Lipinski definition) is 7. The van der Waals surface area contributed by atoms with Crippen LogP contribution in [-0.2, 0) is 9.59 Å². The summed E-state index contributed by atoms with van der Waals surface area (Å²) in [6.45, 7) is 1.58. The number of hydrogen-bond donors (Lipinski definition) is 0. The highest BCUT2D eigenvalue weighted by Gasteiger charge is 2.63. The molecule has 0 spiro atoms. The lowest BCUT2D eigenvalue weighted by atomic mass is 9.85. The minimum Gasteiger partial charge on any atom is -0.359 e. The van der Waals surface area contributed by atoms with Gasteiger partial charge >= 0.3 is 0 Å². The maximum atomic E-state index is 14.0. The number of allylic oxidation sites excluding steroid dienone is 2. The van der Waals surface area contributed by atoms with Crippen molar-refractivity contribution in [3.05, 3.63) is 129 Å². The Balaban J connectivity index is 1.44. The highest BCUT2D eigenvalue weighted by Crippen LogP contribution is 2.47. The first-order chi connectivity index (χ1) is 19.7. The number of Topliss-reactive ketones (excluding diaryl/α,β-unsaturated/α-hetero) is 2. The summed E-state index contributed by atoms with van der Waals surface area (Å²) in [5.41, 5.74) is 1.57. The van der Waals surface area contributed by atoms with Gasteiger partial charge in [0.2, 0.25) is 11.8 Å². The number of halogens is 1. The molecular formula is C31H22ClN3O6. The van der Waals surface area contributed by atoms with E-state index in [0.29, 0.717) is 27.3 Å². The average molecular weight is 568 g/mol. The first-order valence-corrected chi connectivity index (χ1v) is 13.2. The van der Waals surface area contributed by atoms with Crippen molar-refractivity contribution in [1.29, 1.82) is 0 Å². The first-order valence-electron chi connectivity index (χ1n) is 12.9. The lowest BCUT2D eigenvalue weighted by Gasteiger charge is -2.33. The van der Waals surface area contributed by atoms with E-state index in [0.717, 1.165) is 4.90 Å². The lowest BCUT2D eigenvalue weighted by molar-refractivity contribution is -0.384. The first kappa shape index (κ1) is 26.3. The zero-order valence-corrected chi connectivity index (χ0v) is 22.4. The molecule has 2 saturated heterocycles. The van der Waals surface area contributed by atoms with Gasteiger partial charge in [-0.25, -0.2) is 4.90 Å². The van der Waals surface area contributed by atoms with Crippen molar-refractivity contribution < 1.29 is 24.1 Å². The number of carbonyl (C=O) groups is 4. The number of imide groups is 1. The number of amides is 2. The summed E-state index contributed by atoms with van der Waals surface area (Å²) in [5.74, 6) is -3.71. The van der Waals surface area contributed by atoms with Gasteiger partial charge in [-0.1, -0.05) is 48.0 Å². The van der Waals surface area contributed by atoms with E-state index in [2.05, 4.69) is 0 Å². The van der Waals surface area contributed by atoms with Crippen LogP contribution in [-0.4, -0.2) is 45.3 Å². The Bertz CT molecular complexity index is 1700. The quantitative estimate of drug-likeness (QED) is 0.179. The molecule has 204 valence electrons. The van der Waals surface area contributed by atoms with Crippen molar-refractivity contribution in [3.8, 4) is 0 Å². The Morgan fingerprint density at radius 3 is 2.24 bits per heavy atom. The van der Waals surface area contributed by atoms with Crippen molar-refractivity contribution in [1.82, 2.24) is 4.90 Å². The molecule has 3 aliphatic heterocycles. The maximum Gasteiger partial charge on any atom is 0.269 e. The molecular weight excluding hydrogens is 546 g/mol. The van der Waals surface area contributed by atoms with Gasteiger partial charge in [0.1, 0.15) is 6.04 Å².